The zero-order valence-electron chi connectivity index (χ0n) is 10.7. The van der Waals surface area contributed by atoms with Crippen LogP contribution in [0.2, 0.25) is 0 Å². The summed E-state index contributed by atoms with van der Waals surface area (Å²) >= 11 is 5.06. The largest absolute Gasteiger partial charge is 0.310 e. The molecule has 4 rings (SSSR count). The molecule has 0 radical (unpaired) electrons. The van der Waals surface area contributed by atoms with Crippen LogP contribution in [0.15, 0.2) is 51.7 Å². The fourth-order valence-corrected chi connectivity index (χ4v) is 4.47. The number of thiophene rings is 1. The highest BCUT2D eigenvalue weighted by atomic mass is 79.9. The van der Waals surface area contributed by atoms with Crippen LogP contribution in [0.3, 0.4) is 0 Å². The van der Waals surface area contributed by atoms with E-state index in [9.17, 15) is 4.79 Å². The second-order valence-electron chi connectivity index (χ2n) is 4.83. The van der Waals surface area contributed by atoms with E-state index in [2.05, 4.69) is 34.1 Å². The van der Waals surface area contributed by atoms with E-state index in [0.29, 0.717) is 0 Å². The molecule has 0 amide bonds. The summed E-state index contributed by atoms with van der Waals surface area (Å²) in [6.07, 6.45) is 0. The molecule has 0 saturated carbocycles. The van der Waals surface area contributed by atoms with Gasteiger partial charge in [0.1, 0.15) is 4.70 Å². The van der Waals surface area contributed by atoms with Crippen LogP contribution in [0, 0.1) is 0 Å². The number of rotatable bonds is 0. The van der Waals surface area contributed by atoms with Gasteiger partial charge in [-0.25, -0.2) is 0 Å². The Morgan fingerprint density at radius 3 is 2.75 bits per heavy atom. The van der Waals surface area contributed by atoms with Crippen LogP contribution in [0.25, 0.3) is 31.1 Å². The average Bonchev–Trinajstić information content (AvgIpc) is 2.83. The van der Waals surface area contributed by atoms with Crippen molar-refractivity contribution in [3.8, 4) is 0 Å². The fraction of sp³-hybridized carbons (Fsp3) is 0.0625. The molecule has 0 unspecified atom stereocenters. The highest BCUT2D eigenvalue weighted by Crippen LogP contribution is 2.37. The highest BCUT2D eigenvalue weighted by Gasteiger charge is 2.14. The molecule has 0 aliphatic heterocycles. The van der Waals surface area contributed by atoms with Crippen molar-refractivity contribution in [2.24, 2.45) is 7.05 Å². The zero-order valence-corrected chi connectivity index (χ0v) is 13.1. The Morgan fingerprint density at radius 1 is 1.10 bits per heavy atom. The summed E-state index contributed by atoms with van der Waals surface area (Å²) in [6, 6.07) is 14.3. The van der Waals surface area contributed by atoms with Gasteiger partial charge in [0.2, 0.25) is 0 Å². The Bertz CT molecular complexity index is 1050. The highest BCUT2D eigenvalue weighted by molar-refractivity contribution is 9.10. The summed E-state index contributed by atoms with van der Waals surface area (Å²) in [5.74, 6) is 0. The molecular weight excluding hydrogens is 334 g/mol. The SMILES string of the molecule is Cn1c(=O)c2sc3cc(Br)ccc3c2c2ccccc21. The summed E-state index contributed by atoms with van der Waals surface area (Å²) in [5.41, 5.74) is 1.06. The minimum Gasteiger partial charge on any atom is -0.310 e. The summed E-state index contributed by atoms with van der Waals surface area (Å²) in [7, 11) is 1.84. The molecule has 4 heteroatoms. The van der Waals surface area contributed by atoms with Crippen molar-refractivity contribution in [2.75, 3.05) is 0 Å². The molecular formula is C16H10BrNOS. The topological polar surface area (TPSA) is 22.0 Å². The zero-order chi connectivity index (χ0) is 13.9. The van der Waals surface area contributed by atoms with Crippen molar-refractivity contribution in [3.05, 3.63) is 57.3 Å². The van der Waals surface area contributed by atoms with Crippen LogP contribution in [-0.4, -0.2) is 4.57 Å². The second kappa shape index (κ2) is 4.17. The normalized spacial score (nSPS) is 11.7. The maximum absolute atomic E-state index is 12.6. The quantitative estimate of drug-likeness (QED) is 0.454. The lowest BCUT2D eigenvalue weighted by atomic mass is 10.1. The van der Waals surface area contributed by atoms with Crippen LogP contribution in [-0.2, 0) is 7.05 Å². The van der Waals surface area contributed by atoms with Gasteiger partial charge in [0.15, 0.2) is 0 Å². The molecule has 0 fully saturated rings. The van der Waals surface area contributed by atoms with Gasteiger partial charge in [-0.15, -0.1) is 11.3 Å². The van der Waals surface area contributed by atoms with Crippen molar-refractivity contribution in [2.45, 2.75) is 0 Å². The first-order valence-corrected chi connectivity index (χ1v) is 7.87. The number of pyridine rings is 1. The molecule has 2 aromatic heterocycles. The van der Waals surface area contributed by atoms with Crippen molar-refractivity contribution < 1.29 is 0 Å². The van der Waals surface area contributed by atoms with Gasteiger partial charge >= 0.3 is 0 Å². The molecule has 0 N–H and O–H groups in total. The number of benzene rings is 2. The van der Waals surface area contributed by atoms with Gasteiger partial charge < -0.3 is 4.57 Å². The second-order valence-corrected chi connectivity index (χ2v) is 6.80. The molecule has 0 aliphatic rings. The predicted molar refractivity (Wildman–Crippen MR) is 89.8 cm³/mol. The maximum atomic E-state index is 12.6. The molecule has 0 spiro atoms. The summed E-state index contributed by atoms with van der Waals surface area (Å²) in [6.45, 7) is 0. The Hall–Kier alpha value is -1.65. The minimum atomic E-state index is 0.0797. The van der Waals surface area contributed by atoms with Gasteiger partial charge in [-0.3, -0.25) is 4.79 Å². The van der Waals surface area contributed by atoms with E-state index < -0.39 is 0 Å². The van der Waals surface area contributed by atoms with Crippen LogP contribution >= 0.6 is 27.3 Å². The Balaban J connectivity index is 2.42. The third-order valence-corrected chi connectivity index (χ3v) is 5.32. The number of halogens is 1. The molecule has 2 nitrogen and oxygen atoms in total. The summed E-state index contributed by atoms with van der Waals surface area (Å²) in [5, 5.41) is 3.37. The average molecular weight is 344 g/mol. The van der Waals surface area contributed by atoms with E-state index in [4.69, 9.17) is 0 Å². The monoisotopic (exact) mass is 343 g/mol. The van der Waals surface area contributed by atoms with Gasteiger partial charge in [0.25, 0.3) is 5.56 Å². The Labute approximate surface area is 127 Å². The van der Waals surface area contributed by atoms with E-state index in [0.717, 1.165) is 35.5 Å². The van der Waals surface area contributed by atoms with Crippen LogP contribution in [0.1, 0.15) is 0 Å². The summed E-state index contributed by atoms with van der Waals surface area (Å²) < 4.78 is 4.75. The fourth-order valence-electron chi connectivity index (χ4n) is 2.73. The number of hydrogen-bond donors (Lipinski definition) is 0. The number of aryl methyl sites for hydroxylation is 1. The Kier molecular flexibility index (Phi) is 2.53. The van der Waals surface area contributed by atoms with E-state index in [1.807, 2.05) is 31.3 Å². The third kappa shape index (κ3) is 1.52. The van der Waals surface area contributed by atoms with Gasteiger partial charge in [-0.05, 0) is 18.2 Å². The van der Waals surface area contributed by atoms with Gasteiger partial charge in [-0.2, -0.15) is 0 Å². The predicted octanol–water partition coefficient (Wildman–Crippen LogP) is 4.67. The van der Waals surface area contributed by atoms with Crippen molar-refractivity contribution in [3.63, 3.8) is 0 Å². The van der Waals surface area contributed by atoms with Gasteiger partial charge in [0.05, 0.1) is 5.52 Å². The standard InChI is InChI=1S/C16H10BrNOS/c1-18-12-5-3-2-4-10(12)14-11-7-6-9(17)8-13(11)20-15(14)16(18)19/h2-8H,1H3. The van der Waals surface area contributed by atoms with E-state index in [1.54, 1.807) is 15.9 Å². The van der Waals surface area contributed by atoms with Crippen LogP contribution in [0.4, 0.5) is 0 Å². The number of aromatic nitrogens is 1. The molecule has 98 valence electrons. The van der Waals surface area contributed by atoms with E-state index >= 15 is 0 Å². The van der Waals surface area contributed by atoms with Crippen LogP contribution < -0.4 is 5.56 Å². The molecule has 2 aromatic carbocycles. The first kappa shape index (κ1) is 12.1. The molecule has 4 aromatic rings. The molecule has 0 aliphatic carbocycles. The smallest absolute Gasteiger partial charge is 0.268 e. The van der Waals surface area contributed by atoms with Crippen molar-refractivity contribution in [1.82, 2.24) is 4.57 Å². The lowest BCUT2D eigenvalue weighted by molar-refractivity contribution is 0.921. The van der Waals surface area contributed by atoms with Gasteiger partial charge in [-0.1, -0.05) is 40.2 Å². The lowest BCUT2D eigenvalue weighted by Gasteiger charge is -2.06. The molecule has 2 heterocycles. The number of fused-ring (bicyclic) bond motifs is 5. The minimum absolute atomic E-state index is 0.0797. The van der Waals surface area contributed by atoms with Crippen molar-refractivity contribution in [1.29, 1.82) is 0 Å². The Morgan fingerprint density at radius 2 is 1.90 bits per heavy atom. The van der Waals surface area contributed by atoms with E-state index in [-0.39, 0.29) is 5.56 Å². The molecule has 0 atom stereocenters. The van der Waals surface area contributed by atoms with Crippen LogP contribution in [0.5, 0.6) is 0 Å². The maximum Gasteiger partial charge on any atom is 0.268 e. The molecule has 0 saturated heterocycles. The third-order valence-electron chi connectivity index (χ3n) is 3.69. The van der Waals surface area contributed by atoms with Crippen molar-refractivity contribution >= 4 is 58.3 Å². The lowest BCUT2D eigenvalue weighted by Crippen LogP contribution is -2.15. The number of para-hydroxylation sites is 1. The first-order chi connectivity index (χ1) is 9.66. The molecule has 20 heavy (non-hydrogen) atoms. The number of hydrogen-bond acceptors (Lipinski definition) is 2. The van der Waals surface area contributed by atoms with E-state index in [1.165, 1.54) is 0 Å². The number of nitrogens with zero attached hydrogens (tertiary/aromatic N) is 1. The summed E-state index contributed by atoms with van der Waals surface area (Å²) in [4.78, 5) is 12.6. The first-order valence-electron chi connectivity index (χ1n) is 6.26. The van der Waals surface area contributed by atoms with Gasteiger partial charge in [0, 0.05) is 32.4 Å². The molecule has 0 bridgehead atoms.